The van der Waals surface area contributed by atoms with Gasteiger partial charge in [-0.05, 0) is 24.0 Å². The fourth-order valence-electron chi connectivity index (χ4n) is 4.24. The molecular weight excluding hydrogens is 490 g/mol. The summed E-state index contributed by atoms with van der Waals surface area (Å²) in [6.45, 7) is 2.85. The summed E-state index contributed by atoms with van der Waals surface area (Å²) in [5.74, 6) is 1.11. The van der Waals surface area contributed by atoms with Crippen LogP contribution >= 0.6 is 0 Å². The van der Waals surface area contributed by atoms with Crippen LogP contribution in [0.2, 0.25) is 0 Å². The van der Waals surface area contributed by atoms with Gasteiger partial charge < -0.3 is 14.7 Å². The number of hydrogen-bond donors (Lipinski definition) is 2. The van der Waals surface area contributed by atoms with Crippen molar-refractivity contribution in [1.29, 1.82) is 0 Å². The molecule has 0 aliphatic carbocycles. The van der Waals surface area contributed by atoms with Gasteiger partial charge >= 0.3 is 11.8 Å². The number of rotatable bonds is 7. The summed E-state index contributed by atoms with van der Waals surface area (Å²) in [6, 6.07) is 4.12. The molecule has 12 heteroatoms. The average molecular weight is 521 g/mol. The molecule has 1 atom stereocenters. The lowest BCUT2D eigenvalue weighted by Gasteiger charge is -2.30. The van der Waals surface area contributed by atoms with Crippen molar-refractivity contribution in [2.45, 2.75) is 45.6 Å². The van der Waals surface area contributed by atoms with Crippen molar-refractivity contribution >= 4 is 28.9 Å². The van der Waals surface area contributed by atoms with Crippen molar-refractivity contribution in [3.8, 4) is 11.8 Å². The SMILES string of the molecule is Cn1c(=O)n(C2CCC(=O)NC2=O)c2cccc(C#CCOCC(F)(F)CN(CC(C)(C)C)C(=O)O)c21. The third kappa shape index (κ3) is 6.74. The van der Waals surface area contributed by atoms with Gasteiger partial charge in [-0.15, -0.1) is 0 Å². The first-order valence-electron chi connectivity index (χ1n) is 11.7. The van der Waals surface area contributed by atoms with Crippen molar-refractivity contribution in [3.63, 3.8) is 0 Å². The van der Waals surface area contributed by atoms with Crippen LogP contribution in [0.3, 0.4) is 0 Å². The van der Waals surface area contributed by atoms with Gasteiger partial charge in [-0.25, -0.2) is 18.4 Å². The number of fused-ring (bicyclic) bond motifs is 1. The Morgan fingerprint density at radius 1 is 1.24 bits per heavy atom. The van der Waals surface area contributed by atoms with Crippen molar-refractivity contribution in [2.75, 3.05) is 26.3 Å². The number of nitrogens with zero attached hydrogens (tertiary/aromatic N) is 3. The number of amides is 3. The van der Waals surface area contributed by atoms with Gasteiger partial charge in [0.2, 0.25) is 11.8 Å². The van der Waals surface area contributed by atoms with E-state index in [0.29, 0.717) is 21.5 Å². The van der Waals surface area contributed by atoms with Crippen LogP contribution in [-0.4, -0.2) is 69.3 Å². The van der Waals surface area contributed by atoms with Crippen LogP contribution in [0.5, 0.6) is 0 Å². The van der Waals surface area contributed by atoms with E-state index in [0.717, 1.165) is 0 Å². The molecule has 1 aromatic carbocycles. The molecule has 0 radical (unpaired) electrons. The minimum Gasteiger partial charge on any atom is -0.465 e. The molecule has 3 amide bonds. The zero-order chi connectivity index (χ0) is 27.5. The molecule has 200 valence electrons. The number of carboxylic acid groups (broad SMARTS) is 1. The maximum Gasteiger partial charge on any atom is 0.407 e. The smallest absolute Gasteiger partial charge is 0.407 e. The largest absolute Gasteiger partial charge is 0.465 e. The number of aryl methyl sites for hydroxylation is 1. The molecule has 1 aliphatic rings. The molecule has 1 aromatic heterocycles. The van der Waals surface area contributed by atoms with Crippen LogP contribution < -0.4 is 11.0 Å². The molecule has 2 N–H and O–H groups in total. The van der Waals surface area contributed by atoms with E-state index >= 15 is 0 Å². The van der Waals surface area contributed by atoms with E-state index in [1.165, 1.54) is 16.2 Å². The number of para-hydroxylation sites is 1. The first-order valence-corrected chi connectivity index (χ1v) is 11.7. The fraction of sp³-hybridized carbons (Fsp3) is 0.520. The molecule has 0 bridgehead atoms. The summed E-state index contributed by atoms with van der Waals surface area (Å²) in [5, 5.41) is 11.5. The third-order valence-corrected chi connectivity index (χ3v) is 5.69. The number of imide groups is 1. The van der Waals surface area contributed by atoms with Crippen LogP contribution in [0, 0.1) is 17.3 Å². The van der Waals surface area contributed by atoms with Gasteiger partial charge in [-0.2, -0.15) is 0 Å². The Hall–Kier alpha value is -3.72. The van der Waals surface area contributed by atoms with Crippen molar-refractivity contribution in [1.82, 2.24) is 19.4 Å². The summed E-state index contributed by atoms with van der Waals surface area (Å²) in [6.07, 6.45) is -1.13. The molecule has 3 rings (SSSR count). The van der Waals surface area contributed by atoms with Crippen LogP contribution in [0.1, 0.15) is 45.2 Å². The zero-order valence-corrected chi connectivity index (χ0v) is 21.1. The highest BCUT2D eigenvalue weighted by Crippen LogP contribution is 2.25. The first-order chi connectivity index (χ1) is 17.2. The van der Waals surface area contributed by atoms with Gasteiger partial charge in [0.15, 0.2) is 0 Å². The van der Waals surface area contributed by atoms with Gasteiger partial charge in [-0.1, -0.05) is 38.7 Å². The van der Waals surface area contributed by atoms with Gasteiger partial charge in [0.05, 0.1) is 23.1 Å². The van der Waals surface area contributed by atoms with Gasteiger partial charge in [0, 0.05) is 20.0 Å². The molecule has 2 aromatic rings. The lowest BCUT2D eigenvalue weighted by atomic mass is 9.96. The van der Waals surface area contributed by atoms with Crippen LogP contribution in [0.4, 0.5) is 13.6 Å². The average Bonchev–Trinajstić information content (AvgIpc) is 3.03. The maximum atomic E-state index is 14.3. The molecular formula is C25H30F2N4O6. The number of carbonyl (C=O) groups excluding carboxylic acids is 2. The van der Waals surface area contributed by atoms with Gasteiger partial charge in [0.25, 0.3) is 5.92 Å². The summed E-state index contributed by atoms with van der Waals surface area (Å²) in [5.41, 5.74) is 0.399. The number of ether oxygens (including phenoxy) is 1. The third-order valence-electron chi connectivity index (χ3n) is 5.69. The molecule has 0 saturated carbocycles. The summed E-state index contributed by atoms with van der Waals surface area (Å²) in [7, 11) is 1.53. The number of alkyl halides is 2. The molecule has 10 nitrogen and oxygen atoms in total. The highest BCUT2D eigenvalue weighted by Gasteiger charge is 2.35. The Morgan fingerprint density at radius 2 is 1.95 bits per heavy atom. The highest BCUT2D eigenvalue weighted by atomic mass is 19.3. The van der Waals surface area contributed by atoms with E-state index in [4.69, 9.17) is 4.74 Å². The molecule has 1 unspecified atom stereocenters. The Labute approximate surface area is 212 Å². The van der Waals surface area contributed by atoms with E-state index in [1.54, 1.807) is 39.0 Å². The number of imidazole rings is 1. The van der Waals surface area contributed by atoms with Crippen molar-refractivity contribution in [2.24, 2.45) is 12.5 Å². The predicted octanol–water partition coefficient (Wildman–Crippen LogP) is 2.35. The number of benzene rings is 1. The maximum absolute atomic E-state index is 14.3. The van der Waals surface area contributed by atoms with E-state index in [1.807, 2.05) is 0 Å². The number of piperidine rings is 1. The Kier molecular flexibility index (Phi) is 8.07. The van der Waals surface area contributed by atoms with Gasteiger partial charge in [0.1, 0.15) is 19.3 Å². The number of carbonyl (C=O) groups is 3. The second-order valence-electron chi connectivity index (χ2n) is 10.2. The molecule has 1 aliphatic heterocycles. The highest BCUT2D eigenvalue weighted by molar-refractivity contribution is 6.00. The molecule has 2 heterocycles. The van der Waals surface area contributed by atoms with E-state index in [2.05, 4.69) is 17.2 Å². The number of aromatic nitrogens is 2. The molecule has 37 heavy (non-hydrogen) atoms. The van der Waals surface area contributed by atoms with Gasteiger partial charge in [-0.3, -0.25) is 24.0 Å². The fourth-order valence-corrected chi connectivity index (χ4v) is 4.24. The lowest BCUT2D eigenvalue weighted by Crippen LogP contribution is -2.45. The minimum absolute atomic E-state index is 0.0566. The number of hydrogen-bond acceptors (Lipinski definition) is 5. The second kappa shape index (κ2) is 10.7. The Bertz CT molecular complexity index is 1330. The normalized spacial score (nSPS) is 16.3. The standard InChI is InChI=1S/C25H30F2N4O6/c1-24(2,3)13-30(23(35)36)14-25(26,27)15-37-12-6-8-16-7-5-9-17-20(16)29(4)22(34)31(17)18-10-11-19(32)28-21(18)33/h5,7,9,18H,10-15H2,1-4H3,(H,35,36)(H,28,32,33). The van der Waals surface area contributed by atoms with Crippen LogP contribution in [0.15, 0.2) is 23.0 Å². The van der Waals surface area contributed by atoms with E-state index < -0.39 is 54.1 Å². The van der Waals surface area contributed by atoms with Crippen LogP contribution in [0.25, 0.3) is 11.0 Å². The van der Waals surface area contributed by atoms with E-state index in [9.17, 15) is 33.1 Å². The summed E-state index contributed by atoms with van der Waals surface area (Å²) < 4.78 is 36.3. The minimum atomic E-state index is -3.41. The predicted molar refractivity (Wildman–Crippen MR) is 130 cm³/mol. The monoisotopic (exact) mass is 520 g/mol. The first kappa shape index (κ1) is 27.9. The summed E-state index contributed by atoms with van der Waals surface area (Å²) >= 11 is 0. The topological polar surface area (TPSA) is 123 Å². The zero-order valence-electron chi connectivity index (χ0n) is 21.1. The van der Waals surface area contributed by atoms with Crippen LogP contribution in [-0.2, 0) is 21.4 Å². The molecule has 1 saturated heterocycles. The molecule has 0 spiro atoms. The Morgan fingerprint density at radius 3 is 2.57 bits per heavy atom. The van der Waals surface area contributed by atoms with Crippen molar-refractivity contribution < 1.29 is 33.0 Å². The molecule has 1 fully saturated rings. The summed E-state index contributed by atoms with van der Waals surface area (Å²) in [4.78, 5) is 48.8. The number of nitrogens with one attached hydrogen (secondary N) is 1. The van der Waals surface area contributed by atoms with E-state index in [-0.39, 0.29) is 26.0 Å². The second-order valence-corrected chi connectivity index (χ2v) is 10.2. The number of halogens is 2. The lowest BCUT2D eigenvalue weighted by molar-refractivity contribution is -0.135. The van der Waals surface area contributed by atoms with Crippen molar-refractivity contribution in [3.05, 3.63) is 34.2 Å². The quantitative estimate of drug-likeness (QED) is 0.328. The Balaban J connectivity index is 1.72.